The van der Waals surface area contributed by atoms with Crippen LogP contribution >= 0.6 is 0 Å². The molecule has 0 amide bonds. The first-order chi connectivity index (χ1) is 13.8. The number of nitrogens with zero attached hydrogens (tertiary/aromatic N) is 4. The van der Waals surface area contributed by atoms with Gasteiger partial charge in [0.2, 0.25) is 0 Å². The standard InChI is InChI=1S/C18H26F2N6O3/c19-18(20)4-6-25(10(7-18)3-5-21)8-13-14(27)15(28)16(29-13)11-1-2-12-17(22)23-9-24-26(11)12/h1-2,9-10,13-16,27-28H,3-8,21H2,(H2,22,23,24)/t10?,13-,14-,15-,16+/m1/s1. The summed E-state index contributed by atoms with van der Waals surface area (Å²) in [4.78, 5) is 5.80. The van der Waals surface area contributed by atoms with Crippen molar-refractivity contribution in [3.05, 3.63) is 24.2 Å². The lowest BCUT2D eigenvalue weighted by Gasteiger charge is -2.40. The first-order valence-electron chi connectivity index (χ1n) is 9.72. The topological polar surface area (TPSA) is 135 Å². The van der Waals surface area contributed by atoms with Crippen molar-refractivity contribution in [3.63, 3.8) is 0 Å². The summed E-state index contributed by atoms with van der Waals surface area (Å²) in [7, 11) is 0. The fourth-order valence-corrected chi connectivity index (χ4v) is 4.35. The molecule has 0 radical (unpaired) electrons. The van der Waals surface area contributed by atoms with Crippen molar-refractivity contribution in [1.82, 2.24) is 19.5 Å². The second-order valence-electron chi connectivity index (χ2n) is 7.81. The van der Waals surface area contributed by atoms with Crippen molar-refractivity contribution in [2.24, 2.45) is 5.73 Å². The van der Waals surface area contributed by atoms with Crippen LogP contribution in [0.2, 0.25) is 0 Å². The number of aliphatic hydroxyl groups is 2. The SMILES string of the molecule is NCCC1CC(F)(F)CCN1C[C@H]1O[C@@H](c2ccc3c(N)ncnn23)[C@H](O)[C@@H]1O. The van der Waals surface area contributed by atoms with Gasteiger partial charge in [-0.1, -0.05) is 0 Å². The third-order valence-electron chi connectivity index (χ3n) is 5.89. The third-order valence-corrected chi connectivity index (χ3v) is 5.89. The van der Waals surface area contributed by atoms with Crippen molar-refractivity contribution in [1.29, 1.82) is 0 Å². The van der Waals surface area contributed by atoms with Crippen LogP contribution in [0, 0.1) is 0 Å². The molecule has 11 heteroatoms. The summed E-state index contributed by atoms with van der Waals surface area (Å²) in [6.45, 7) is 0.715. The number of halogens is 2. The fourth-order valence-electron chi connectivity index (χ4n) is 4.35. The van der Waals surface area contributed by atoms with E-state index in [-0.39, 0.29) is 31.7 Å². The molecule has 0 aliphatic carbocycles. The molecule has 2 aromatic rings. The molecular formula is C18H26F2N6O3. The molecule has 2 saturated heterocycles. The second-order valence-corrected chi connectivity index (χ2v) is 7.81. The van der Waals surface area contributed by atoms with Gasteiger partial charge in [-0.3, -0.25) is 4.90 Å². The Balaban J connectivity index is 1.52. The van der Waals surface area contributed by atoms with Crippen molar-refractivity contribution < 1.29 is 23.7 Å². The van der Waals surface area contributed by atoms with Crippen LogP contribution in [0.15, 0.2) is 18.5 Å². The number of aromatic nitrogens is 3. The quantitative estimate of drug-likeness (QED) is 0.536. The summed E-state index contributed by atoms with van der Waals surface area (Å²) in [5.74, 6) is -2.42. The molecule has 29 heavy (non-hydrogen) atoms. The van der Waals surface area contributed by atoms with Gasteiger partial charge in [-0.25, -0.2) is 18.3 Å². The summed E-state index contributed by atoms with van der Waals surface area (Å²) in [5.41, 5.74) is 12.5. The number of fused-ring (bicyclic) bond motifs is 1. The first-order valence-corrected chi connectivity index (χ1v) is 9.72. The van der Waals surface area contributed by atoms with E-state index < -0.39 is 36.4 Å². The summed E-state index contributed by atoms with van der Waals surface area (Å²) in [6, 6.07) is 3.03. The predicted octanol–water partition coefficient (Wildman–Crippen LogP) is -0.0783. The van der Waals surface area contributed by atoms with E-state index in [0.29, 0.717) is 24.2 Å². The van der Waals surface area contributed by atoms with Gasteiger partial charge in [0.05, 0.1) is 11.8 Å². The van der Waals surface area contributed by atoms with E-state index in [9.17, 15) is 19.0 Å². The highest BCUT2D eigenvalue weighted by molar-refractivity contribution is 5.65. The van der Waals surface area contributed by atoms with E-state index in [0.717, 1.165) is 0 Å². The Bertz CT molecular complexity index is 865. The third kappa shape index (κ3) is 3.80. The van der Waals surface area contributed by atoms with Gasteiger partial charge in [0.15, 0.2) is 5.82 Å². The molecular weight excluding hydrogens is 386 g/mol. The number of aliphatic hydroxyl groups excluding tert-OH is 2. The van der Waals surface area contributed by atoms with Crippen LogP contribution < -0.4 is 11.5 Å². The lowest BCUT2D eigenvalue weighted by atomic mass is 9.95. The van der Waals surface area contributed by atoms with Crippen LogP contribution in [0.25, 0.3) is 5.52 Å². The van der Waals surface area contributed by atoms with Gasteiger partial charge in [0.1, 0.15) is 30.2 Å². The molecule has 6 N–H and O–H groups in total. The van der Waals surface area contributed by atoms with Gasteiger partial charge >= 0.3 is 0 Å². The minimum atomic E-state index is -2.71. The van der Waals surface area contributed by atoms with Crippen molar-refractivity contribution >= 4 is 11.3 Å². The minimum absolute atomic E-state index is 0.183. The minimum Gasteiger partial charge on any atom is -0.388 e. The number of alkyl halides is 2. The maximum absolute atomic E-state index is 13.8. The largest absolute Gasteiger partial charge is 0.388 e. The van der Waals surface area contributed by atoms with Crippen molar-refractivity contribution in [3.8, 4) is 0 Å². The molecule has 2 fully saturated rings. The van der Waals surface area contributed by atoms with Crippen LogP contribution in [-0.2, 0) is 4.74 Å². The molecule has 4 heterocycles. The highest BCUT2D eigenvalue weighted by Gasteiger charge is 2.47. The number of piperidine rings is 1. The van der Waals surface area contributed by atoms with Gasteiger partial charge in [0, 0.05) is 32.0 Å². The molecule has 0 spiro atoms. The van der Waals surface area contributed by atoms with Gasteiger partial charge in [-0.15, -0.1) is 0 Å². The summed E-state index contributed by atoms with van der Waals surface area (Å²) in [5, 5.41) is 25.3. The van der Waals surface area contributed by atoms with Crippen LogP contribution in [0.5, 0.6) is 0 Å². The zero-order valence-corrected chi connectivity index (χ0v) is 15.9. The first kappa shape index (κ1) is 20.4. The lowest BCUT2D eigenvalue weighted by Crippen LogP contribution is -2.51. The number of nitrogen functional groups attached to an aromatic ring is 1. The Morgan fingerprint density at radius 3 is 2.83 bits per heavy atom. The van der Waals surface area contributed by atoms with E-state index in [1.165, 1.54) is 10.8 Å². The van der Waals surface area contributed by atoms with E-state index in [2.05, 4.69) is 10.1 Å². The van der Waals surface area contributed by atoms with E-state index in [4.69, 9.17) is 16.2 Å². The Morgan fingerprint density at radius 2 is 2.07 bits per heavy atom. The van der Waals surface area contributed by atoms with Crippen LogP contribution in [0.3, 0.4) is 0 Å². The maximum Gasteiger partial charge on any atom is 0.250 e. The molecule has 2 aromatic heterocycles. The number of hydrogen-bond acceptors (Lipinski definition) is 8. The summed E-state index contributed by atoms with van der Waals surface area (Å²) >= 11 is 0. The van der Waals surface area contributed by atoms with Crippen molar-refractivity contribution in [2.75, 3.05) is 25.4 Å². The van der Waals surface area contributed by atoms with Crippen LogP contribution in [0.1, 0.15) is 31.1 Å². The average Bonchev–Trinajstić information content (AvgIpc) is 3.21. The molecule has 0 bridgehead atoms. The van der Waals surface area contributed by atoms with E-state index >= 15 is 0 Å². The van der Waals surface area contributed by atoms with Gasteiger partial charge in [-0.2, -0.15) is 5.10 Å². The Labute approximate surface area is 166 Å². The molecule has 0 aromatic carbocycles. The maximum atomic E-state index is 13.8. The molecule has 5 atom stereocenters. The molecule has 0 saturated carbocycles. The lowest BCUT2D eigenvalue weighted by molar-refractivity contribution is -0.0953. The predicted molar refractivity (Wildman–Crippen MR) is 100 cm³/mol. The zero-order chi connectivity index (χ0) is 20.8. The normalized spacial score (nSPS) is 32.8. The Morgan fingerprint density at radius 1 is 1.28 bits per heavy atom. The molecule has 2 aliphatic rings. The molecule has 2 aliphatic heterocycles. The van der Waals surface area contributed by atoms with E-state index in [1.54, 1.807) is 12.1 Å². The average molecular weight is 412 g/mol. The van der Waals surface area contributed by atoms with Gasteiger partial charge in [-0.05, 0) is 25.1 Å². The number of likely N-dealkylation sites (tertiary alicyclic amines) is 1. The number of ether oxygens (including phenoxy) is 1. The number of rotatable bonds is 5. The van der Waals surface area contributed by atoms with Crippen molar-refractivity contribution in [2.45, 2.75) is 55.6 Å². The Kier molecular flexibility index (Phi) is 5.42. The zero-order valence-electron chi connectivity index (χ0n) is 15.9. The van der Waals surface area contributed by atoms with Crippen LogP contribution in [-0.4, -0.2) is 79.6 Å². The molecule has 9 nitrogen and oxygen atoms in total. The number of nitrogens with two attached hydrogens (primary N) is 2. The smallest absolute Gasteiger partial charge is 0.250 e. The number of hydrogen-bond donors (Lipinski definition) is 4. The molecule has 4 rings (SSSR count). The highest BCUT2D eigenvalue weighted by Crippen LogP contribution is 2.37. The number of anilines is 1. The molecule has 1 unspecified atom stereocenters. The second kappa shape index (κ2) is 7.73. The summed E-state index contributed by atoms with van der Waals surface area (Å²) < 4.78 is 35.1. The summed E-state index contributed by atoms with van der Waals surface area (Å²) in [6.07, 6.45) is -2.69. The Hall–Kier alpha value is -1.92. The van der Waals surface area contributed by atoms with Crippen LogP contribution in [0.4, 0.5) is 14.6 Å². The highest BCUT2D eigenvalue weighted by atomic mass is 19.3. The van der Waals surface area contributed by atoms with Gasteiger partial charge < -0.3 is 26.4 Å². The van der Waals surface area contributed by atoms with E-state index in [1.807, 2.05) is 4.90 Å². The van der Waals surface area contributed by atoms with Gasteiger partial charge in [0.25, 0.3) is 5.92 Å². The fraction of sp³-hybridized carbons (Fsp3) is 0.667. The molecule has 160 valence electrons. The monoisotopic (exact) mass is 412 g/mol.